The monoisotopic (exact) mass is 143 g/mol. The van der Waals surface area contributed by atoms with E-state index < -0.39 is 0 Å². The van der Waals surface area contributed by atoms with Crippen LogP contribution < -0.4 is 5.32 Å². The zero-order chi connectivity index (χ0) is 7.66. The first kappa shape index (κ1) is 9.66. The van der Waals surface area contributed by atoms with Gasteiger partial charge >= 0.3 is 0 Å². The topological polar surface area (TPSA) is 21.3 Å². The summed E-state index contributed by atoms with van der Waals surface area (Å²) in [5.41, 5.74) is 0. The fraction of sp³-hybridized carbons (Fsp3) is 0.750. The summed E-state index contributed by atoms with van der Waals surface area (Å²) >= 11 is 0. The molecule has 0 heterocycles. The fourth-order valence-electron chi connectivity index (χ4n) is 0.590. The molecule has 0 saturated carbocycles. The Balaban J connectivity index is 2.70. The molecule has 0 aromatic heterocycles. The molecule has 0 amide bonds. The van der Waals surface area contributed by atoms with Crippen molar-refractivity contribution in [3.8, 4) is 0 Å². The standard InChI is InChI=1S/C8H17NO/c1-3-5-7-10-8-6-9-4-2/h3,9H,1,4-8H2,2H3. The van der Waals surface area contributed by atoms with Gasteiger partial charge in [-0.05, 0) is 13.0 Å². The molecule has 0 fully saturated rings. The van der Waals surface area contributed by atoms with Crippen LogP contribution in [-0.4, -0.2) is 26.3 Å². The van der Waals surface area contributed by atoms with Crippen molar-refractivity contribution in [2.24, 2.45) is 0 Å². The molecule has 0 aliphatic carbocycles. The molecule has 1 N–H and O–H groups in total. The summed E-state index contributed by atoms with van der Waals surface area (Å²) in [6.45, 7) is 9.26. The molecule has 0 rings (SSSR count). The van der Waals surface area contributed by atoms with Crippen LogP contribution in [0.2, 0.25) is 0 Å². The van der Waals surface area contributed by atoms with Crippen molar-refractivity contribution in [2.45, 2.75) is 13.3 Å². The lowest BCUT2D eigenvalue weighted by molar-refractivity contribution is 0.141. The highest BCUT2D eigenvalue weighted by atomic mass is 16.5. The molecule has 0 atom stereocenters. The van der Waals surface area contributed by atoms with Gasteiger partial charge < -0.3 is 10.1 Å². The van der Waals surface area contributed by atoms with E-state index in [1.165, 1.54) is 0 Å². The normalized spacial score (nSPS) is 9.70. The van der Waals surface area contributed by atoms with Gasteiger partial charge in [-0.25, -0.2) is 0 Å². The van der Waals surface area contributed by atoms with Crippen molar-refractivity contribution in [3.63, 3.8) is 0 Å². The maximum Gasteiger partial charge on any atom is 0.0591 e. The van der Waals surface area contributed by atoms with Gasteiger partial charge in [0, 0.05) is 6.54 Å². The van der Waals surface area contributed by atoms with Gasteiger partial charge in [-0.15, -0.1) is 6.58 Å². The lowest BCUT2D eigenvalue weighted by Gasteiger charge is -2.01. The molecule has 0 aliphatic rings. The molecule has 0 radical (unpaired) electrons. The highest BCUT2D eigenvalue weighted by Crippen LogP contribution is 1.80. The molecule has 0 spiro atoms. The Morgan fingerprint density at radius 1 is 1.50 bits per heavy atom. The van der Waals surface area contributed by atoms with Crippen molar-refractivity contribution in [3.05, 3.63) is 12.7 Å². The Kier molecular flexibility index (Phi) is 8.37. The third-order valence-electron chi connectivity index (χ3n) is 1.14. The van der Waals surface area contributed by atoms with Crippen LogP contribution in [0.4, 0.5) is 0 Å². The first-order valence-electron chi connectivity index (χ1n) is 3.81. The molecule has 0 unspecified atom stereocenters. The van der Waals surface area contributed by atoms with E-state index in [4.69, 9.17) is 4.74 Å². The highest BCUT2D eigenvalue weighted by Gasteiger charge is 1.83. The summed E-state index contributed by atoms with van der Waals surface area (Å²) in [7, 11) is 0. The molecular formula is C8H17NO. The van der Waals surface area contributed by atoms with Crippen molar-refractivity contribution < 1.29 is 4.74 Å². The Morgan fingerprint density at radius 3 is 2.90 bits per heavy atom. The maximum absolute atomic E-state index is 5.24. The molecule has 0 saturated heterocycles. The molecular weight excluding hydrogens is 126 g/mol. The van der Waals surface area contributed by atoms with Crippen LogP contribution in [0, 0.1) is 0 Å². The largest absolute Gasteiger partial charge is 0.380 e. The summed E-state index contributed by atoms with van der Waals surface area (Å²) in [5.74, 6) is 0. The summed E-state index contributed by atoms with van der Waals surface area (Å²) in [4.78, 5) is 0. The third kappa shape index (κ3) is 7.66. The predicted octanol–water partition coefficient (Wildman–Crippen LogP) is 1.19. The van der Waals surface area contributed by atoms with Crippen molar-refractivity contribution in [1.29, 1.82) is 0 Å². The first-order valence-corrected chi connectivity index (χ1v) is 3.81. The summed E-state index contributed by atoms with van der Waals surface area (Å²) in [6.07, 6.45) is 2.82. The molecule has 0 aromatic rings. The minimum absolute atomic E-state index is 0.800. The summed E-state index contributed by atoms with van der Waals surface area (Å²) in [6, 6.07) is 0. The summed E-state index contributed by atoms with van der Waals surface area (Å²) in [5, 5.41) is 3.17. The van der Waals surface area contributed by atoms with Gasteiger partial charge in [0.1, 0.15) is 0 Å². The van der Waals surface area contributed by atoms with E-state index in [0.717, 1.165) is 32.7 Å². The van der Waals surface area contributed by atoms with Gasteiger partial charge in [-0.2, -0.15) is 0 Å². The van der Waals surface area contributed by atoms with Crippen LogP contribution in [0.3, 0.4) is 0 Å². The number of ether oxygens (including phenoxy) is 1. The molecule has 0 aromatic carbocycles. The predicted molar refractivity (Wildman–Crippen MR) is 44.2 cm³/mol. The van der Waals surface area contributed by atoms with Crippen LogP contribution in [0.25, 0.3) is 0 Å². The molecule has 2 nitrogen and oxygen atoms in total. The van der Waals surface area contributed by atoms with E-state index in [-0.39, 0.29) is 0 Å². The lowest BCUT2D eigenvalue weighted by atomic mass is 10.4. The number of rotatable bonds is 7. The van der Waals surface area contributed by atoms with Crippen molar-refractivity contribution in [2.75, 3.05) is 26.3 Å². The Hall–Kier alpha value is -0.340. The number of nitrogens with one attached hydrogen (secondary N) is 1. The van der Waals surface area contributed by atoms with Crippen LogP contribution in [0.5, 0.6) is 0 Å². The molecule has 0 bridgehead atoms. The van der Waals surface area contributed by atoms with E-state index >= 15 is 0 Å². The smallest absolute Gasteiger partial charge is 0.0591 e. The minimum atomic E-state index is 0.800. The van der Waals surface area contributed by atoms with Gasteiger partial charge in [-0.3, -0.25) is 0 Å². The van der Waals surface area contributed by atoms with Crippen LogP contribution in [-0.2, 0) is 4.74 Å². The second kappa shape index (κ2) is 8.66. The van der Waals surface area contributed by atoms with E-state index in [9.17, 15) is 0 Å². The second-order valence-electron chi connectivity index (χ2n) is 2.04. The quantitative estimate of drug-likeness (QED) is 0.427. The van der Waals surface area contributed by atoms with E-state index in [1.807, 2.05) is 6.08 Å². The van der Waals surface area contributed by atoms with E-state index in [0.29, 0.717) is 0 Å². The van der Waals surface area contributed by atoms with Crippen LogP contribution in [0.1, 0.15) is 13.3 Å². The Morgan fingerprint density at radius 2 is 2.30 bits per heavy atom. The zero-order valence-electron chi connectivity index (χ0n) is 6.73. The van der Waals surface area contributed by atoms with E-state index in [1.54, 1.807) is 0 Å². The van der Waals surface area contributed by atoms with Gasteiger partial charge in [-0.1, -0.05) is 13.0 Å². The molecule has 10 heavy (non-hydrogen) atoms. The van der Waals surface area contributed by atoms with E-state index in [2.05, 4.69) is 18.8 Å². The van der Waals surface area contributed by atoms with Crippen LogP contribution in [0.15, 0.2) is 12.7 Å². The average Bonchev–Trinajstić information content (AvgIpc) is 1.97. The number of likely N-dealkylation sites (N-methyl/N-ethyl adjacent to an activating group) is 1. The van der Waals surface area contributed by atoms with Crippen molar-refractivity contribution >= 4 is 0 Å². The van der Waals surface area contributed by atoms with Gasteiger partial charge in [0.25, 0.3) is 0 Å². The summed E-state index contributed by atoms with van der Waals surface area (Å²) < 4.78 is 5.24. The first-order chi connectivity index (χ1) is 4.91. The Labute approximate surface area is 63.3 Å². The number of hydrogen-bond donors (Lipinski definition) is 1. The lowest BCUT2D eigenvalue weighted by Crippen LogP contribution is -2.18. The third-order valence-corrected chi connectivity index (χ3v) is 1.14. The second-order valence-corrected chi connectivity index (χ2v) is 2.04. The van der Waals surface area contributed by atoms with Gasteiger partial charge in [0.2, 0.25) is 0 Å². The maximum atomic E-state index is 5.24. The average molecular weight is 143 g/mol. The van der Waals surface area contributed by atoms with Gasteiger partial charge in [0.05, 0.1) is 13.2 Å². The van der Waals surface area contributed by atoms with Crippen LogP contribution >= 0.6 is 0 Å². The Bertz CT molecular complexity index is 73.7. The SMILES string of the molecule is C=CCCOCCNCC. The fourth-order valence-corrected chi connectivity index (χ4v) is 0.590. The molecule has 2 heteroatoms. The molecule has 0 aliphatic heterocycles. The molecule has 60 valence electrons. The zero-order valence-corrected chi connectivity index (χ0v) is 6.73. The highest BCUT2D eigenvalue weighted by molar-refractivity contribution is 4.64. The number of hydrogen-bond acceptors (Lipinski definition) is 2. The van der Waals surface area contributed by atoms with Gasteiger partial charge in [0.15, 0.2) is 0 Å². The minimum Gasteiger partial charge on any atom is -0.380 e. The van der Waals surface area contributed by atoms with Crippen molar-refractivity contribution in [1.82, 2.24) is 5.32 Å².